The minimum atomic E-state index is -4.19. The average molecular weight is 441 g/mol. The third-order valence-corrected chi connectivity index (χ3v) is 6.26. The Kier molecular flexibility index (Phi) is 5.87. The number of carbonyl (C=O) groups is 1. The van der Waals surface area contributed by atoms with Gasteiger partial charge < -0.3 is 10.1 Å². The lowest BCUT2D eigenvalue weighted by Gasteiger charge is -2.11. The Bertz CT molecular complexity index is 1130. The van der Waals surface area contributed by atoms with Crippen molar-refractivity contribution in [2.45, 2.75) is 4.90 Å². The van der Waals surface area contributed by atoms with Crippen molar-refractivity contribution in [3.05, 3.63) is 69.6 Å². The first-order valence-corrected chi connectivity index (χ1v) is 10.6. The molecular formula is C18H14ClFN2O4S2. The Morgan fingerprint density at radius 3 is 2.61 bits per heavy atom. The Morgan fingerprint density at radius 2 is 1.93 bits per heavy atom. The second-order valence-corrected chi connectivity index (χ2v) is 8.48. The number of carbonyl (C=O) groups excluding carboxylic acids is 1. The first kappa shape index (κ1) is 20.1. The fourth-order valence-corrected chi connectivity index (χ4v) is 4.58. The zero-order valence-corrected chi connectivity index (χ0v) is 16.8. The van der Waals surface area contributed by atoms with Crippen LogP contribution in [0.3, 0.4) is 0 Å². The molecule has 1 amide bonds. The topological polar surface area (TPSA) is 84.5 Å². The third kappa shape index (κ3) is 4.27. The van der Waals surface area contributed by atoms with E-state index in [1.54, 1.807) is 17.5 Å². The molecule has 0 aliphatic heterocycles. The third-order valence-electron chi connectivity index (χ3n) is 3.65. The molecule has 3 aromatic rings. The van der Waals surface area contributed by atoms with Gasteiger partial charge in [-0.1, -0.05) is 23.7 Å². The molecule has 3 rings (SSSR count). The van der Waals surface area contributed by atoms with Crippen molar-refractivity contribution in [3.8, 4) is 5.75 Å². The van der Waals surface area contributed by atoms with Gasteiger partial charge in [-0.2, -0.15) is 0 Å². The molecule has 0 aliphatic carbocycles. The van der Waals surface area contributed by atoms with Gasteiger partial charge in [0.25, 0.3) is 15.9 Å². The van der Waals surface area contributed by atoms with Gasteiger partial charge in [0.1, 0.15) is 21.3 Å². The van der Waals surface area contributed by atoms with E-state index in [1.165, 1.54) is 31.4 Å². The Hall–Kier alpha value is -2.62. The summed E-state index contributed by atoms with van der Waals surface area (Å²) < 4.78 is 46.1. The number of amides is 1. The van der Waals surface area contributed by atoms with Gasteiger partial charge in [0, 0.05) is 5.69 Å². The predicted molar refractivity (Wildman–Crippen MR) is 107 cm³/mol. The van der Waals surface area contributed by atoms with E-state index in [4.69, 9.17) is 16.3 Å². The summed E-state index contributed by atoms with van der Waals surface area (Å²) in [5.41, 5.74) is 0.456. The number of halogens is 2. The van der Waals surface area contributed by atoms with E-state index < -0.39 is 26.6 Å². The standard InChI is InChI=1S/C18H14ClFN2O4S2/c1-26-15-7-6-11(10-12(15)19)21-18(23)17-14(8-9-27-17)22-28(24,25)16-5-3-2-4-13(16)20/h2-10,22H,1H3,(H,21,23). The number of nitrogens with one attached hydrogen (secondary N) is 2. The fraction of sp³-hybridized carbons (Fsp3) is 0.0556. The quantitative estimate of drug-likeness (QED) is 0.586. The summed E-state index contributed by atoms with van der Waals surface area (Å²) in [5.74, 6) is -0.972. The molecule has 10 heteroatoms. The number of thiophene rings is 1. The summed E-state index contributed by atoms with van der Waals surface area (Å²) in [5, 5.41) is 4.50. The van der Waals surface area contributed by atoms with Gasteiger partial charge in [0.05, 0.1) is 17.8 Å². The second kappa shape index (κ2) is 8.17. The molecule has 28 heavy (non-hydrogen) atoms. The number of hydrogen-bond acceptors (Lipinski definition) is 5. The molecule has 6 nitrogen and oxygen atoms in total. The van der Waals surface area contributed by atoms with Crippen molar-refractivity contribution < 1.29 is 22.3 Å². The van der Waals surface area contributed by atoms with Gasteiger partial charge in [0.2, 0.25) is 0 Å². The smallest absolute Gasteiger partial charge is 0.267 e. The lowest BCUT2D eigenvalue weighted by molar-refractivity contribution is 0.103. The molecule has 2 aromatic carbocycles. The predicted octanol–water partition coefficient (Wildman–Crippen LogP) is 4.60. The normalized spacial score (nSPS) is 11.1. The van der Waals surface area contributed by atoms with Crippen molar-refractivity contribution in [3.63, 3.8) is 0 Å². The van der Waals surface area contributed by atoms with Crippen LogP contribution in [-0.4, -0.2) is 21.4 Å². The van der Waals surface area contributed by atoms with E-state index in [0.29, 0.717) is 16.5 Å². The molecule has 1 heterocycles. The highest BCUT2D eigenvalue weighted by atomic mass is 35.5. The van der Waals surface area contributed by atoms with Gasteiger partial charge >= 0.3 is 0 Å². The maximum Gasteiger partial charge on any atom is 0.267 e. The number of rotatable bonds is 6. The van der Waals surface area contributed by atoms with Crippen LogP contribution in [0.25, 0.3) is 0 Å². The largest absolute Gasteiger partial charge is 0.495 e. The highest BCUT2D eigenvalue weighted by Crippen LogP contribution is 2.30. The fourth-order valence-electron chi connectivity index (χ4n) is 2.36. The molecule has 2 N–H and O–H groups in total. The SMILES string of the molecule is COc1ccc(NC(=O)c2sccc2NS(=O)(=O)c2ccccc2F)cc1Cl. The van der Waals surface area contributed by atoms with E-state index >= 15 is 0 Å². The summed E-state index contributed by atoms with van der Waals surface area (Å²) in [6, 6.07) is 11.1. The molecule has 0 atom stereocenters. The van der Waals surface area contributed by atoms with Crippen LogP contribution in [0.5, 0.6) is 5.75 Å². The molecule has 0 saturated heterocycles. The molecule has 0 radical (unpaired) electrons. The number of anilines is 2. The second-order valence-electron chi connectivity index (χ2n) is 5.50. The molecule has 146 valence electrons. The highest BCUT2D eigenvalue weighted by molar-refractivity contribution is 7.92. The van der Waals surface area contributed by atoms with Crippen molar-refractivity contribution in [2.24, 2.45) is 0 Å². The molecule has 1 aromatic heterocycles. The molecule has 0 spiro atoms. The minimum Gasteiger partial charge on any atom is -0.495 e. The Morgan fingerprint density at radius 1 is 1.18 bits per heavy atom. The van der Waals surface area contributed by atoms with E-state index in [2.05, 4.69) is 10.0 Å². The zero-order chi connectivity index (χ0) is 20.3. The molecule has 0 unspecified atom stereocenters. The number of sulfonamides is 1. The summed E-state index contributed by atoms with van der Waals surface area (Å²) in [6.07, 6.45) is 0. The summed E-state index contributed by atoms with van der Waals surface area (Å²) in [6.45, 7) is 0. The lowest BCUT2D eigenvalue weighted by Crippen LogP contribution is -2.18. The Labute approximate surface area is 170 Å². The first-order valence-electron chi connectivity index (χ1n) is 7.81. The van der Waals surface area contributed by atoms with E-state index in [1.807, 2.05) is 0 Å². The van der Waals surface area contributed by atoms with E-state index in [0.717, 1.165) is 23.5 Å². The molecule has 0 bridgehead atoms. The van der Waals surface area contributed by atoms with Crippen LogP contribution in [0, 0.1) is 5.82 Å². The van der Waals surface area contributed by atoms with E-state index in [-0.39, 0.29) is 10.6 Å². The number of ether oxygens (including phenoxy) is 1. The van der Waals surface area contributed by atoms with Crippen LogP contribution in [0.2, 0.25) is 5.02 Å². The Balaban J connectivity index is 1.83. The van der Waals surface area contributed by atoms with Crippen LogP contribution < -0.4 is 14.8 Å². The van der Waals surface area contributed by atoms with Gasteiger partial charge in [-0.05, 0) is 41.8 Å². The van der Waals surface area contributed by atoms with Crippen LogP contribution in [-0.2, 0) is 10.0 Å². The summed E-state index contributed by atoms with van der Waals surface area (Å²) in [4.78, 5) is 12.2. The van der Waals surface area contributed by atoms with Crippen LogP contribution in [0.4, 0.5) is 15.8 Å². The van der Waals surface area contributed by atoms with E-state index in [9.17, 15) is 17.6 Å². The van der Waals surface area contributed by atoms with Crippen molar-refractivity contribution in [1.29, 1.82) is 0 Å². The van der Waals surface area contributed by atoms with Gasteiger partial charge in [-0.25, -0.2) is 12.8 Å². The number of hydrogen-bond donors (Lipinski definition) is 2. The maximum atomic E-state index is 13.8. The van der Waals surface area contributed by atoms with Gasteiger partial charge in [-0.3, -0.25) is 9.52 Å². The molecular weight excluding hydrogens is 427 g/mol. The zero-order valence-electron chi connectivity index (χ0n) is 14.4. The lowest BCUT2D eigenvalue weighted by atomic mass is 10.3. The summed E-state index contributed by atoms with van der Waals surface area (Å²) in [7, 11) is -2.72. The maximum absolute atomic E-state index is 13.8. The van der Waals surface area contributed by atoms with Crippen molar-refractivity contribution in [1.82, 2.24) is 0 Å². The minimum absolute atomic E-state index is 0.0466. The average Bonchev–Trinajstić information content (AvgIpc) is 3.09. The molecule has 0 saturated carbocycles. The monoisotopic (exact) mass is 440 g/mol. The van der Waals surface area contributed by atoms with Crippen LogP contribution in [0.1, 0.15) is 9.67 Å². The van der Waals surface area contributed by atoms with Crippen LogP contribution in [0.15, 0.2) is 58.8 Å². The van der Waals surface area contributed by atoms with Crippen molar-refractivity contribution >= 4 is 50.2 Å². The summed E-state index contributed by atoms with van der Waals surface area (Å²) >= 11 is 7.08. The highest BCUT2D eigenvalue weighted by Gasteiger charge is 2.22. The molecule has 0 aliphatic rings. The van der Waals surface area contributed by atoms with Crippen molar-refractivity contribution in [2.75, 3.05) is 17.1 Å². The number of methoxy groups -OCH3 is 1. The van der Waals surface area contributed by atoms with Gasteiger partial charge in [-0.15, -0.1) is 11.3 Å². The van der Waals surface area contributed by atoms with Gasteiger partial charge in [0.15, 0.2) is 0 Å². The number of benzene rings is 2. The molecule has 0 fully saturated rings. The van der Waals surface area contributed by atoms with Crippen LogP contribution >= 0.6 is 22.9 Å². The first-order chi connectivity index (χ1) is 13.3.